The van der Waals surface area contributed by atoms with E-state index in [1.54, 1.807) is 18.2 Å². The Bertz CT molecular complexity index is 1830. The maximum atomic E-state index is 14.4. The Balaban J connectivity index is 1.98. The second-order valence-electron chi connectivity index (χ2n) is 13.0. The van der Waals surface area contributed by atoms with Crippen LogP contribution in [0.3, 0.4) is 0 Å². The second kappa shape index (κ2) is 10.2. The topological polar surface area (TPSA) is 117 Å². The van der Waals surface area contributed by atoms with Gasteiger partial charge in [-0.05, 0) is 49.5 Å². The Morgan fingerprint density at radius 2 is 1.64 bits per heavy atom. The molecule has 0 radical (unpaired) electrons. The maximum absolute atomic E-state index is 14.4. The van der Waals surface area contributed by atoms with Crippen molar-refractivity contribution in [2.45, 2.75) is 96.4 Å². The van der Waals surface area contributed by atoms with Gasteiger partial charge >= 0.3 is 5.36 Å². The summed E-state index contributed by atoms with van der Waals surface area (Å²) in [6.45, 7) is 18.5. The third kappa shape index (κ3) is 4.23. The summed E-state index contributed by atoms with van der Waals surface area (Å²) in [5.41, 5.74) is 10.2. The van der Waals surface area contributed by atoms with Crippen molar-refractivity contribution in [2.75, 3.05) is 13.9 Å². The fraction of sp³-hybridized carbons (Fsp3) is 0.531. The molecule has 224 valence electrons. The summed E-state index contributed by atoms with van der Waals surface area (Å²) in [6, 6.07) is 4.89. The van der Waals surface area contributed by atoms with Gasteiger partial charge in [0, 0.05) is 18.1 Å². The molecule has 1 saturated heterocycles. The van der Waals surface area contributed by atoms with Crippen molar-refractivity contribution in [1.82, 2.24) is 0 Å². The van der Waals surface area contributed by atoms with Crippen molar-refractivity contribution >= 4 is 24.8 Å². The van der Waals surface area contributed by atoms with E-state index in [1.807, 2.05) is 26.8 Å². The SMILES string of the molecule is COCOc1cccc2c(=O)c3c4c(c(=[N+]=[N-])c=3c(=O)c12)C1OC(C)(C)OC1(C)C=C4O[Si](C(C)C)(C(C)C)C(C)C. The van der Waals surface area contributed by atoms with Crippen molar-refractivity contribution in [1.29, 1.82) is 0 Å². The first-order valence-electron chi connectivity index (χ1n) is 14.5. The third-order valence-corrected chi connectivity index (χ3v) is 14.9. The van der Waals surface area contributed by atoms with Crippen LogP contribution in [-0.4, -0.2) is 38.4 Å². The zero-order valence-electron chi connectivity index (χ0n) is 26.1. The number of benzene rings is 1. The van der Waals surface area contributed by atoms with E-state index in [-0.39, 0.29) is 61.2 Å². The molecule has 1 heterocycles. The molecule has 1 fully saturated rings. The van der Waals surface area contributed by atoms with E-state index in [0.717, 1.165) is 0 Å². The van der Waals surface area contributed by atoms with Gasteiger partial charge < -0.3 is 28.9 Å². The molecule has 2 atom stereocenters. The highest BCUT2D eigenvalue weighted by Gasteiger charge is 2.57. The van der Waals surface area contributed by atoms with Gasteiger partial charge in [0.25, 0.3) is 8.32 Å². The smallest absolute Gasteiger partial charge is 0.333 e. The molecule has 0 N–H and O–H groups in total. The average Bonchev–Trinajstić information content (AvgIpc) is 3.38. The first-order valence-corrected chi connectivity index (χ1v) is 16.6. The van der Waals surface area contributed by atoms with E-state index >= 15 is 0 Å². The van der Waals surface area contributed by atoms with Gasteiger partial charge in [0.15, 0.2) is 18.0 Å². The molecule has 0 amide bonds. The predicted molar refractivity (Wildman–Crippen MR) is 161 cm³/mol. The quantitative estimate of drug-likeness (QED) is 0.149. The molecule has 5 rings (SSSR count). The summed E-state index contributed by atoms with van der Waals surface area (Å²) in [6.07, 6.45) is 1.14. The fourth-order valence-electron chi connectivity index (χ4n) is 7.57. The molecule has 2 unspecified atom stereocenters. The van der Waals surface area contributed by atoms with Crippen LogP contribution in [0.5, 0.6) is 5.75 Å². The van der Waals surface area contributed by atoms with Gasteiger partial charge in [-0.25, -0.2) is 0 Å². The van der Waals surface area contributed by atoms with E-state index in [1.165, 1.54) is 7.11 Å². The monoisotopic (exact) mass is 592 g/mol. The van der Waals surface area contributed by atoms with Crippen molar-refractivity contribution in [2.24, 2.45) is 0 Å². The lowest BCUT2D eigenvalue weighted by atomic mass is 9.85. The van der Waals surface area contributed by atoms with Crippen LogP contribution in [0.2, 0.25) is 16.6 Å². The van der Waals surface area contributed by atoms with Crippen molar-refractivity contribution in [3.05, 3.63) is 77.2 Å². The fourth-order valence-corrected chi connectivity index (χ4v) is 12.8. The number of rotatable bonds is 8. The summed E-state index contributed by atoms with van der Waals surface area (Å²) in [5, 5.41) is 0.456. The summed E-state index contributed by atoms with van der Waals surface area (Å²) < 4.78 is 30.8. The molecule has 1 aromatic carbocycles. The Kier molecular flexibility index (Phi) is 7.39. The van der Waals surface area contributed by atoms with Crippen LogP contribution < -0.4 is 21.0 Å². The summed E-state index contributed by atoms with van der Waals surface area (Å²) in [7, 11) is -1.09. The highest BCUT2D eigenvalue weighted by atomic mass is 28.4. The third-order valence-electron chi connectivity index (χ3n) is 8.95. The predicted octanol–water partition coefficient (Wildman–Crippen LogP) is 5.40. The zero-order chi connectivity index (χ0) is 30.9. The van der Waals surface area contributed by atoms with E-state index in [2.05, 4.69) is 46.3 Å². The van der Waals surface area contributed by atoms with Crippen molar-refractivity contribution in [3.8, 4) is 5.75 Å². The Hall–Kier alpha value is -3.14. The molecule has 4 aliphatic rings. The summed E-state index contributed by atoms with van der Waals surface area (Å²) >= 11 is 0. The van der Waals surface area contributed by atoms with Crippen LogP contribution >= 0.6 is 0 Å². The molecule has 10 heteroatoms. The first kappa shape index (κ1) is 30.3. The number of nitrogens with zero attached hydrogens (tertiary/aromatic N) is 2. The van der Waals surface area contributed by atoms with Gasteiger partial charge in [-0.15, -0.1) is 0 Å². The lowest BCUT2D eigenvalue weighted by Gasteiger charge is -2.44. The van der Waals surface area contributed by atoms with Crippen molar-refractivity contribution in [3.63, 3.8) is 0 Å². The van der Waals surface area contributed by atoms with Gasteiger partial charge in [0.05, 0.1) is 16.2 Å². The molecule has 9 nitrogen and oxygen atoms in total. The van der Waals surface area contributed by atoms with Crippen molar-refractivity contribution < 1.29 is 28.2 Å². The van der Waals surface area contributed by atoms with E-state index in [9.17, 15) is 15.1 Å². The van der Waals surface area contributed by atoms with Crippen LogP contribution in [0.4, 0.5) is 0 Å². The largest absolute Gasteiger partial charge is 0.542 e. The van der Waals surface area contributed by atoms with Crippen LogP contribution in [0.15, 0.2) is 33.9 Å². The highest BCUT2D eigenvalue weighted by molar-refractivity contribution is 6.78. The van der Waals surface area contributed by atoms with Gasteiger partial charge in [0.1, 0.15) is 28.4 Å². The lowest BCUT2D eigenvalue weighted by molar-refractivity contribution is -0.154. The van der Waals surface area contributed by atoms with Crippen LogP contribution in [-0.2, 0) is 18.6 Å². The standard InChI is InChI=1S/C32H40N2O7Si/c1-16(2)42(17(3)4,18(5)6)40-21-14-32(9)30(39-31(7,8)41-32)26-23(21)24-25(27(26)34-33)29(36)22-19(28(24)35)12-11-13-20(22)38-15-37-10/h11-14,16-18,30H,15H2,1-10H3. The molecule has 0 bridgehead atoms. The van der Waals surface area contributed by atoms with Crippen LogP contribution in [0.25, 0.3) is 22.1 Å². The molecule has 1 aromatic rings. The van der Waals surface area contributed by atoms with Gasteiger partial charge in [0.2, 0.25) is 5.43 Å². The molecule has 42 heavy (non-hydrogen) atoms. The van der Waals surface area contributed by atoms with E-state index in [4.69, 9.17) is 23.4 Å². The molecule has 0 spiro atoms. The maximum Gasteiger partial charge on any atom is 0.333 e. The molecule has 1 aliphatic heterocycles. The Morgan fingerprint density at radius 1 is 1.00 bits per heavy atom. The Morgan fingerprint density at radius 3 is 2.21 bits per heavy atom. The zero-order valence-corrected chi connectivity index (χ0v) is 27.1. The summed E-state index contributed by atoms with van der Waals surface area (Å²) in [5.74, 6) is -0.311. The number of fused-ring (bicyclic) bond motifs is 5. The van der Waals surface area contributed by atoms with Gasteiger partial charge in [-0.3, -0.25) is 9.59 Å². The Labute approximate surface area is 246 Å². The van der Waals surface area contributed by atoms with E-state index in [0.29, 0.717) is 16.9 Å². The minimum atomic E-state index is -2.56. The first-order chi connectivity index (χ1) is 19.6. The second-order valence-corrected chi connectivity index (χ2v) is 18.4. The molecule has 0 aromatic heterocycles. The highest BCUT2D eigenvalue weighted by Crippen LogP contribution is 2.53. The number of ether oxygens (including phenoxy) is 4. The lowest BCUT2D eigenvalue weighted by Crippen LogP contribution is -2.48. The average molecular weight is 593 g/mol. The number of hydrogen-bond acceptors (Lipinski definition) is 7. The minimum Gasteiger partial charge on any atom is -0.542 e. The molecule has 3 aliphatic carbocycles. The molecular formula is C32H40N2O7Si. The molecular weight excluding hydrogens is 552 g/mol. The number of methoxy groups -OCH3 is 1. The van der Waals surface area contributed by atoms with Gasteiger partial charge in [-0.2, -0.15) is 4.79 Å². The normalized spacial score (nSPS) is 21.6. The number of hydrogen-bond donors (Lipinski definition) is 0. The van der Waals surface area contributed by atoms with Crippen LogP contribution in [0, 0.1) is 10.4 Å². The summed E-state index contributed by atoms with van der Waals surface area (Å²) in [4.78, 5) is 32.3. The molecule has 0 saturated carbocycles. The van der Waals surface area contributed by atoms with Gasteiger partial charge in [-0.1, -0.05) is 53.7 Å². The van der Waals surface area contributed by atoms with E-state index < -0.39 is 31.2 Å². The minimum absolute atomic E-state index is 0.00595. The van der Waals surface area contributed by atoms with Crippen LogP contribution in [0.1, 0.15) is 79.5 Å².